The third-order valence-corrected chi connectivity index (χ3v) is 25.8. The Hall–Kier alpha value is -8.54. The lowest BCUT2D eigenvalue weighted by molar-refractivity contribution is -0.137. The van der Waals surface area contributed by atoms with E-state index in [1.54, 1.807) is 23.1 Å². The Morgan fingerprint density at radius 2 is 0.754 bits per heavy atom. The molecule has 8 aromatic rings. The Morgan fingerprint density at radius 3 is 1.12 bits per heavy atom. The molecule has 0 aromatic heterocycles. The molecular weight excluding hydrogens is 1650 g/mol. The van der Waals surface area contributed by atoms with Gasteiger partial charge in [0.25, 0.3) is 0 Å². The van der Waals surface area contributed by atoms with E-state index >= 15 is 0 Å². The number of benzene rings is 8. The number of aryl methyl sites for hydroxylation is 2. The van der Waals surface area contributed by atoms with Crippen molar-refractivity contribution in [2.75, 3.05) is 80.2 Å². The van der Waals surface area contributed by atoms with Gasteiger partial charge in [-0.25, -0.2) is 23.6 Å². The lowest BCUT2D eigenvalue weighted by Crippen LogP contribution is -2.50. The minimum Gasteiger partial charge on any atom is -0.317 e. The standard InChI is InChI=1S/C27H37N3O.C25H31F4N3O.C24H32BrN3O.C23H29Cl2N3O/c1-3-8-21(2)29-17-15-26(16-18-29)30(20-22-9-5-4-6-10-22)27(31)28-25-14-13-23-11-7-12-24(23)19-25;1-3-7-18(2)31-12-10-23(11-13-31)32(17-19-8-5-4-6-9-19)24(33)30-22-15-20(25(27,28)29)14-21(26)16-22;1-3-7-19(2)27-16-14-23(15-17-27)28(18-20-8-5-4-6-9-20)24(29)26-22-12-10-21(25)11-13-22;1-2-3-13-27-14-11-20(12-15-27)28(17-18-7-5-4-6-8-18)23(29)26-19-9-10-21(24)22(25)16-19/h4-6,9-10,13-14,19,21,26H,3,7-8,11-12,15-18,20H2,1-2H3,(H,28,31);4-6,8-9,14-16,18,23H,3,7,10-13,17H2,1-2H3,(H,30,33);4-6,8-13,19,23H,3,7,14-18H2,1-2H3,(H,26,29);4-10,16,20H,2-3,11-15,17H2,1H3,(H,26,29). The van der Waals surface area contributed by atoms with E-state index in [4.69, 9.17) is 23.2 Å². The Balaban J connectivity index is 0.000000171. The first-order chi connectivity index (χ1) is 58.9. The van der Waals surface area contributed by atoms with Gasteiger partial charge in [-0.15, -0.1) is 0 Å². The summed E-state index contributed by atoms with van der Waals surface area (Å²) in [5.41, 5.74) is 8.30. The lowest BCUT2D eigenvalue weighted by Gasteiger charge is -2.40. The molecule has 8 amide bonds. The third kappa shape index (κ3) is 30.1. The summed E-state index contributed by atoms with van der Waals surface area (Å²) in [6.45, 7) is 27.2. The van der Waals surface area contributed by atoms with Crippen LogP contribution in [0.5, 0.6) is 0 Å². The van der Waals surface area contributed by atoms with Gasteiger partial charge in [0.05, 0.1) is 15.6 Å². The molecule has 13 rings (SSSR count). The minimum atomic E-state index is -4.70. The molecule has 3 unspecified atom stereocenters. The molecule has 4 N–H and O–H groups in total. The molecule has 0 bridgehead atoms. The first kappa shape index (κ1) is 95.7. The average Bonchev–Trinajstić information content (AvgIpc) is 0.968. The number of unbranched alkanes of at least 4 members (excludes halogenated alkanes) is 1. The normalized spacial score (nSPS) is 16.5. The number of carbonyl (C=O) groups excluding carboxylic acids is 4. The second-order valence-electron chi connectivity index (χ2n) is 33.5. The molecule has 23 heteroatoms. The molecule has 4 aliphatic heterocycles. The summed E-state index contributed by atoms with van der Waals surface area (Å²) in [6, 6.07) is 63.5. The molecule has 122 heavy (non-hydrogen) atoms. The number of anilines is 4. The van der Waals surface area contributed by atoms with E-state index in [1.807, 2.05) is 107 Å². The van der Waals surface area contributed by atoms with E-state index in [-0.39, 0.29) is 47.9 Å². The van der Waals surface area contributed by atoms with Gasteiger partial charge in [-0.05, 0) is 230 Å². The van der Waals surface area contributed by atoms with Crippen LogP contribution in [0.2, 0.25) is 10.0 Å². The SMILES string of the molecule is CCCC(C)N1CCC(N(Cc2ccccc2)C(=O)Nc2cc(F)cc(C(F)(F)F)c2)CC1.CCCC(C)N1CCC(N(Cc2ccccc2)C(=O)Nc2ccc(Br)cc2)CC1.CCCC(C)N1CCC(N(Cc2ccccc2)C(=O)Nc2ccc3c(c2)CCC3)CC1.CCCCN1CCC(N(Cc2ccccc2)C(=O)Nc2ccc(Cl)c(Cl)c2)CC1. The summed E-state index contributed by atoms with van der Waals surface area (Å²) in [4.78, 5) is 70.9. The van der Waals surface area contributed by atoms with Gasteiger partial charge >= 0.3 is 30.3 Å². The van der Waals surface area contributed by atoms with Crippen molar-refractivity contribution in [1.29, 1.82) is 0 Å². The largest absolute Gasteiger partial charge is 0.416 e. The number of fused-ring (bicyclic) bond motifs is 1. The number of nitrogens with one attached hydrogen (secondary N) is 4. The van der Waals surface area contributed by atoms with Crippen LogP contribution in [-0.2, 0) is 45.2 Å². The predicted molar refractivity (Wildman–Crippen MR) is 496 cm³/mol. The predicted octanol–water partition coefficient (Wildman–Crippen LogP) is 24.8. The average molecular weight is 1780 g/mol. The van der Waals surface area contributed by atoms with Gasteiger partial charge in [-0.1, -0.05) is 220 Å². The molecule has 3 atom stereocenters. The molecule has 8 aromatic carbocycles. The molecule has 5 aliphatic rings. The van der Waals surface area contributed by atoms with Crippen LogP contribution < -0.4 is 21.3 Å². The molecule has 0 spiro atoms. The summed E-state index contributed by atoms with van der Waals surface area (Å²) in [7, 11) is 0. The number of alkyl halides is 3. The van der Waals surface area contributed by atoms with Gasteiger partial charge in [-0.3, -0.25) is 0 Å². The summed E-state index contributed by atoms with van der Waals surface area (Å²) < 4.78 is 54.1. The number of nitrogens with zero attached hydrogens (tertiary/aromatic N) is 8. The highest BCUT2D eigenvalue weighted by Crippen LogP contribution is 2.35. The zero-order valence-corrected chi connectivity index (χ0v) is 75.7. The van der Waals surface area contributed by atoms with Crippen LogP contribution in [0.3, 0.4) is 0 Å². The molecule has 4 saturated heterocycles. The van der Waals surface area contributed by atoms with Gasteiger partial charge in [0.2, 0.25) is 0 Å². The number of piperidine rings is 4. The Morgan fingerprint density at radius 1 is 0.410 bits per heavy atom. The summed E-state index contributed by atoms with van der Waals surface area (Å²) in [6.07, 6.45) is 16.1. The van der Waals surface area contributed by atoms with Crippen LogP contribution in [-0.4, -0.2) is 165 Å². The molecule has 16 nitrogen and oxygen atoms in total. The van der Waals surface area contributed by atoms with Gasteiger partial charge in [0, 0.05) is 148 Å². The quantitative estimate of drug-likeness (QED) is 0.0355. The van der Waals surface area contributed by atoms with Crippen LogP contribution in [0.1, 0.15) is 197 Å². The fraction of sp³-hybridized carbons (Fsp3) is 0.475. The van der Waals surface area contributed by atoms with Gasteiger partial charge in [-0.2, -0.15) is 13.2 Å². The van der Waals surface area contributed by atoms with E-state index in [2.05, 4.69) is 177 Å². The number of carbonyl (C=O) groups is 4. The van der Waals surface area contributed by atoms with Crippen molar-refractivity contribution in [3.8, 4) is 0 Å². The minimum absolute atomic E-state index is 0.0174. The van der Waals surface area contributed by atoms with Gasteiger partial charge in [0.15, 0.2) is 0 Å². The fourth-order valence-electron chi connectivity index (χ4n) is 17.5. The second kappa shape index (κ2) is 49.2. The highest BCUT2D eigenvalue weighted by Gasteiger charge is 2.36. The van der Waals surface area contributed by atoms with Crippen molar-refractivity contribution < 1.29 is 36.7 Å². The molecule has 0 saturated carbocycles. The second-order valence-corrected chi connectivity index (χ2v) is 35.2. The highest BCUT2D eigenvalue weighted by atomic mass is 79.9. The van der Waals surface area contributed by atoms with Crippen LogP contribution in [0.25, 0.3) is 0 Å². The molecule has 4 heterocycles. The van der Waals surface area contributed by atoms with Crippen molar-refractivity contribution in [2.24, 2.45) is 0 Å². The zero-order chi connectivity index (χ0) is 86.9. The maximum absolute atomic E-state index is 13.8. The number of amides is 8. The van der Waals surface area contributed by atoms with E-state index in [9.17, 15) is 36.7 Å². The third-order valence-electron chi connectivity index (χ3n) is 24.6. The molecule has 0 radical (unpaired) electrons. The fourth-order valence-corrected chi connectivity index (χ4v) is 18.1. The topological polar surface area (TPSA) is 142 Å². The maximum Gasteiger partial charge on any atom is 0.416 e. The zero-order valence-electron chi connectivity index (χ0n) is 72.6. The van der Waals surface area contributed by atoms with Gasteiger partial charge in [0.1, 0.15) is 5.82 Å². The van der Waals surface area contributed by atoms with Crippen molar-refractivity contribution >= 4 is 86.0 Å². The molecule has 1 aliphatic carbocycles. The smallest absolute Gasteiger partial charge is 0.317 e. The van der Waals surface area contributed by atoms with Crippen molar-refractivity contribution in [2.45, 2.75) is 245 Å². The number of likely N-dealkylation sites (tertiary alicyclic amines) is 4. The number of halogens is 7. The summed E-state index contributed by atoms with van der Waals surface area (Å²) >= 11 is 15.6. The van der Waals surface area contributed by atoms with Crippen molar-refractivity contribution in [3.63, 3.8) is 0 Å². The Bertz CT molecular complexity index is 4460. The maximum atomic E-state index is 13.8. The summed E-state index contributed by atoms with van der Waals surface area (Å²) in [5, 5.41) is 12.7. The van der Waals surface area contributed by atoms with Crippen LogP contribution in [0, 0.1) is 5.82 Å². The van der Waals surface area contributed by atoms with Crippen LogP contribution in [0.4, 0.5) is 59.5 Å². The first-order valence-electron chi connectivity index (χ1n) is 44.5. The number of hydrogen-bond donors (Lipinski definition) is 4. The van der Waals surface area contributed by atoms with Crippen molar-refractivity contribution in [3.05, 3.63) is 259 Å². The van der Waals surface area contributed by atoms with E-state index in [0.717, 1.165) is 169 Å². The Labute approximate surface area is 741 Å². The number of urea groups is 4. The van der Waals surface area contributed by atoms with Gasteiger partial charge < -0.3 is 60.5 Å². The number of hydrogen-bond acceptors (Lipinski definition) is 8. The van der Waals surface area contributed by atoms with E-state index < -0.39 is 23.6 Å². The monoisotopic (exact) mass is 1770 g/mol. The Kier molecular flexibility index (Phi) is 38.6. The molecular formula is C99H129BrCl2F4N12O4. The summed E-state index contributed by atoms with van der Waals surface area (Å²) in [5.74, 6) is -1.05. The first-order valence-corrected chi connectivity index (χ1v) is 46.1. The van der Waals surface area contributed by atoms with Crippen LogP contribution in [0.15, 0.2) is 205 Å². The van der Waals surface area contributed by atoms with E-state index in [1.165, 1.54) is 73.6 Å². The van der Waals surface area contributed by atoms with Crippen molar-refractivity contribution in [1.82, 2.24) is 39.2 Å². The highest BCUT2D eigenvalue weighted by molar-refractivity contribution is 9.10. The number of rotatable bonds is 28. The van der Waals surface area contributed by atoms with E-state index in [0.29, 0.717) is 66.1 Å². The molecule has 658 valence electrons. The lowest BCUT2D eigenvalue weighted by atomic mass is 10.00. The van der Waals surface area contributed by atoms with Crippen LogP contribution >= 0.6 is 39.1 Å². The molecule has 4 fully saturated rings.